The van der Waals surface area contributed by atoms with Crippen molar-refractivity contribution in [3.05, 3.63) is 0 Å². The van der Waals surface area contributed by atoms with Crippen molar-refractivity contribution in [2.45, 2.75) is 32.6 Å². The van der Waals surface area contributed by atoms with E-state index >= 15 is 0 Å². The first-order valence-corrected chi connectivity index (χ1v) is 6.33. The maximum atomic E-state index is 2.61. The summed E-state index contributed by atoms with van der Waals surface area (Å²) in [5.74, 6) is 8.41. The Hall–Kier alpha value is 0. The number of hydrogen-bond acceptors (Lipinski definition) is 0. The van der Waals surface area contributed by atoms with Gasteiger partial charge in [0.1, 0.15) is 0 Å². The van der Waals surface area contributed by atoms with Crippen LogP contribution in [0.1, 0.15) is 32.6 Å². The summed E-state index contributed by atoms with van der Waals surface area (Å²) < 4.78 is 0. The summed E-state index contributed by atoms with van der Waals surface area (Å²) in [7, 11) is 0. The van der Waals surface area contributed by atoms with Crippen molar-refractivity contribution in [2.24, 2.45) is 46.8 Å². The molecule has 0 aromatic carbocycles. The van der Waals surface area contributed by atoms with Gasteiger partial charge in [-0.2, -0.15) is 0 Å². The summed E-state index contributed by atoms with van der Waals surface area (Å²) in [6, 6.07) is 0. The van der Waals surface area contributed by atoms with Crippen LogP contribution in [-0.2, 0) is 0 Å². The van der Waals surface area contributed by atoms with Crippen molar-refractivity contribution in [1.82, 2.24) is 0 Å². The Balaban J connectivity index is 1.86. The molecule has 6 aliphatic carbocycles. The van der Waals surface area contributed by atoms with Gasteiger partial charge in [0.2, 0.25) is 0 Å². The second kappa shape index (κ2) is 1.51. The van der Waals surface area contributed by atoms with Gasteiger partial charge in [-0.05, 0) is 72.5 Å². The highest BCUT2D eigenvalue weighted by Crippen LogP contribution is 2.87. The summed E-state index contributed by atoms with van der Waals surface area (Å²) in [4.78, 5) is 0. The second-order valence-electron chi connectivity index (χ2n) is 6.73. The number of rotatable bonds is 0. The van der Waals surface area contributed by atoms with Crippen molar-refractivity contribution in [3.8, 4) is 0 Å². The zero-order valence-corrected chi connectivity index (χ0v) is 8.37. The SMILES string of the molecule is CC1C2CC3C4CC2C2CC(C4)C132. The Morgan fingerprint density at radius 1 is 0.923 bits per heavy atom. The molecular weight excluding hydrogens is 156 g/mol. The lowest BCUT2D eigenvalue weighted by atomic mass is 9.46. The van der Waals surface area contributed by atoms with Crippen molar-refractivity contribution >= 4 is 0 Å². The van der Waals surface area contributed by atoms with Crippen LogP contribution in [0, 0.1) is 46.8 Å². The van der Waals surface area contributed by atoms with Crippen LogP contribution in [0.5, 0.6) is 0 Å². The third kappa shape index (κ3) is 0.383. The molecule has 13 heavy (non-hydrogen) atoms. The van der Waals surface area contributed by atoms with Crippen LogP contribution in [0.25, 0.3) is 0 Å². The van der Waals surface area contributed by atoms with E-state index in [1.807, 2.05) is 0 Å². The summed E-state index contributed by atoms with van der Waals surface area (Å²) in [6.07, 6.45) is 6.61. The zero-order valence-electron chi connectivity index (χ0n) is 8.37. The average molecular weight is 174 g/mol. The summed E-state index contributed by atoms with van der Waals surface area (Å²) in [5.41, 5.74) is 0.957. The zero-order chi connectivity index (χ0) is 8.37. The van der Waals surface area contributed by atoms with Crippen LogP contribution < -0.4 is 0 Å². The molecule has 0 amide bonds. The standard InChI is InChI=1S/C13H18/c1-6-9-5-11-7-2-8-4-12(10(9)3-7)13(6,8)11/h6-12H,2-5H2,1H3. The van der Waals surface area contributed by atoms with E-state index in [0.29, 0.717) is 0 Å². The molecular formula is C13H18. The van der Waals surface area contributed by atoms with E-state index in [1.165, 1.54) is 35.5 Å². The Labute approximate surface area is 80.1 Å². The minimum Gasteiger partial charge on any atom is -0.0617 e. The maximum absolute atomic E-state index is 2.61. The molecule has 0 nitrogen and oxygen atoms in total. The third-order valence-corrected chi connectivity index (χ3v) is 7.29. The van der Waals surface area contributed by atoms with Crippen LogP contribution in [0.4, 0.5) is 0 Å². The Morgan fingerprint density at radius 3 is 2.69 bits per heavy atom. The van der Waals surface area contributed by atoms with E-state index in [-0.39, 0.29) is 0 Å². The van der Waals surface area contributed by atoms with Gasteiger partial charge in [-0.25, -0.2) is 0 Å². The van der Waals surface area contributed by atoms with Crippen molar-refractivity contribution in [1.29, 1.82) is 0 Å². The minimum atomic E-state index is 0.957. The van der Waals surface area contributed by atoms with Crippen molar-refractivity contribution in [3.63, 3.8) is 0 Å². The van der Waals surface area contributed by atoms with Crippen molar-refractivity contribution < 1.29 is 0 Å². The van der Waals surface area contributed by atoms with Gasteiger partial charge in [0, 0.05) is 0 Å². The highest BCUT2D eigenvalue weighted by atomic mass is 14.8. The molecule has 70 valence electrons. The molecule has 1 spiro atoms. The highest BCUT2D eigenvalue weighted by molar-refractivity contribution is 5.28. The molecule has 8 unspecified atom stereocenters. The molecule has 0 aromatic rings. The summed E-state index contributed by atoms with van der Waals surface area (Å²) >= 11 is 0. The van der Waals surface area contributed by atoms with Gasteiger partial charge in [0.05, 0.1) is 0 Å². The first-order valence-electron chi connectivity index (χ1n) is 6.33. The third-order valence-electron chi connectivity index (χ3n) is 7.29. The predicted octanol–water partition coefficient (Wildman–Crippen LogP) is 2.93. The van der Waals surface area contributed by atoms with Gasteiger partial charge in [0.25, 0.3) is 0 Å². The van der Waals surface area contributed by atoms with Gasteiger partial charge in [-0.1, -0.05) is 6.92 Å². The van der Waals surface area contributed by atoms with Crippen LogP contribution in [0.15, 0.2) is 0 Å². The minimum absolute atomic E-state index is 0.957. The molecule has 0 heteroatoms. The predicted molar refractivity (Wildman–Crippen MR) is 51.0 cm³/mol. The summed E-state index contributed by atoms with van der Waals surface area (Å²) in [6.45, 7) is 2.61. The molecule has 6 fully saturated rings. The molecule has 0 N–H and O–H groups in total. The maximum Gasteiger partial charge on any atom is -0.0178 e. The molecule has 8 atom stereocenters. The first-order chi connectivity index (χ1) is 6.33. The molecule has 6 aliphatic rings. The normalized spacial score (nSPS) is 80.5. The van der Waals surface area contributed by atoms with Crippen LogP contribution in [0.3, 0.4) is 0 Å². The summed E-state index contributed by atoms with van der Waals surface area (Å²) in [5, 5.41) is 0. The second-order valence-corrected chi connectivity index (χ2v) is 6.73. The van der Waals surface area contributed by atoms with Gasteiger partial charge >= 0.3 is 0 Å². The highest BCUT2D eigenvalue weighted by Gasteiger charge is 2.80. The van der Waals surface area contributed by atoms with Crippen LogP contribution >= 0.6 is 0 Å². The van der Waals surface area contributed by atoms with Crippen LogP contribution in [0.2, 0.25) is 0 Å². The topological polar surface area (TPSA) is 0 Å². The fourth-order valence-corrected chi connectivity index (χ4v) is 7.32. The monoisotopic (exact) mass is 174 g/mol. The molecule has 0 aromatic heterocycles. The molecule has 0 heterocycles. The Morgan fingerprint density at radius 2 is 1.85 bits per heavy atom. The molecule has 0 saturated heterocycles. The van der Waals surface area contributed by atoms with Crippen molar-refractivity contribution in [2.75, 3.05) is 0 Å². The van der Waals surface area contributed by atoms with Gasteiger partial charge < -0.3 is 0 Å². The van der Waals surface area contributed by atoms with E-state index in [9.17, 15) is 0 Å². The van der Waals surface area contributed by atoms with E-state index < -0.39 is 0 Å². The van der Waals surface area contributed by atoms with E-state index in [2.05, 4.69) is 6.92 Å². The number of hydrogen-bond donors (Lipinski definition) is 0. The van der Waals surface area contributed by atoms with Crippen LogP contribution in [-0.4, -0.2) is 0 Å². The fraction of sp³-hybridized carbons (Fsp3) is 1.00. The Bertz CT molecular complexity index is 301. The first kappa shape index (κ1) is 6.48. The molecule has 6 rings (SSSR count). The Kier molecular flexibility index (Phi) is 0.753. The molecule has 0 aliphatic heterocycles. The van der Waals surface area contributed by atoms with Gasteiger partial charge in [-0.15, -0.1) is 0 Å². The largest absolute Gasteiger partial charge is 0.0617 e. The fourth-order valence-electron chi connectivity index (χ4n) is 7.32. The lowest BCUT2D eigenvalue weighted by Crippen LogP contribution is -2.52. The molecule has 6 saturated carbocycles. The van der Waals surface area contributed by atoms with Gasteiger partial charge in [0.15, 0.2) is 0 Å². The molecule has 5 bridgehead atoms. The lowest BCUT2D eigenvalue weighted by Gasteiger charge is -2.58. The van der Waals surface area contributed by atoms with E-state index in [4.69, 9.17) is 0 Å². The van der Waals surface area contributed by atoms with E-state index in [1.54, 1.807) is 25.7 Å². The quantitative estimate of drug-likeness (QED) is 0.529. The van der Waals surface area contributed by atoms with E-state index in [0.717, 1.165) is 11.3 Å². The molecule has 0 radical (unpaired) electrons. The van der Waals surface area contributed by atoms with Gasteiger partial charge in [-0.3, -0.25) is 0 Å². The average Bonchev–Trinajstić information content (AvgIpc) is 2.47. The lowest BCUT2D eigenvalue weighted by molar-refractivity contribution is -0.103. The smallest absolute Gasteiger partial charge is 0.0178 e.